The van der Waals surface area contributed by atoms with Crippen molar-refractivity contribution in [3.8, 4) is 17.3 Å². The number of pyridine rings is 1. The number of hydrogen-bond acceptors (Lipinski definition) is 6. The number of amides is 1. The van der Waals surface area contributed by atoms with Gasteiger partial charge in [0.05, 0.1) is 24.4 Å². The first kappa shape index (κ1) is 23.0. The van der Waals surface area contributed by atoms with Gasteiger partial charge in [-0.15, -0.1) is 0 Å². The Morgan fingerprint density at radius 3 is 2.75 bits per heavy atom. The fourth-order valence-corrected chi connectivity index (χ4v) is 5.45. The molecule has 2 atom stereocenters. The van der Waals surface area contributed by atoms with Crippen LogP contribution in [0, 0.1) is 5.92 Å². The minimum atomic E-state index is -0.207. The Kier molecular flexibility index (Phi) is 5.69. The van der Waals surface area contributed by atoms with E-state index >= 15 is 0 Å². The zero-order chi connectivity index (χ0) is 25.0. The number of aromatic nitrogens is 4. The van der Waals surface area contributed by atoms with Gasteiger partial charge in [0.1, 0.15) is 16.9 Å². The van der Waals surface area contributed by atoms with Crippen LogP contribution in [-0.2, 0) is 18.3 Å². The molecule has 9 nitrogen and oxygen atoms in total. The Balaban J connectivity index is 1.42. The molecule has 1 saturated carbocycles. The van der Waals surface area contributed by atoms with E-state index < -0.39 is 0 Å². The number of fused-ring (bicyclic) bond motifs is 2. The highest BCUT2D eigenvalue weighted by atomic mass is 16.5. The van der Waals surface area contributed by atoms with Crippen molar-refractivity contribution in [3.05, 3.63) is 42.1 Å². The molecule has 1 aliphatic heterocycles. The van der Waals surface area contributed by atoms with Crippen molar-refractivity contribution in [1.29, 1.82) is 0 Å². The molecule has 1 amide bonds. The van der Waals surface area contributed by atoms with Gasteiger partial charge in [-0.1, -0.05) is 0 Å². The molecule has 6 rings (SSSR count). The third kappa shape index (κ3) is 3.83. The number of benzene rings is 1. The molecule has 1 saturated heterocycles. The largest absolute Gasteiger partial charge is 0.494 e. The number of nitrogens with two attached hydrogens (primary N) is 1. The maximum Gasteiger partial charge on any atom is 0.254 e. The molecular formula is C27H32N6O3. The molecule has 2 aliphatic rings. The maximum absolute atomic E-state index is 13.4. The van der Waals surface area contributed by atoms with E-state index in [2.05, 4.69) is 26.3 Å². The van der Waals surface area contributed by atoms with Crippen molar-refractivity contribution in [2.45, 2.75) is 38.0 Å². The molecule has 1 aromatic carbocycles. The molecule has 0 radical (unpaired) electrons. The van der Waals surface area contributed by atoms with Gasteiger partial charge in [0, 0.05) is 57.0 Å². The summed E-state index contributed by atoms with van der Waals surface area (Å²) < 4.78 is 15.5. The van der Waals surface area contributed by atoms with Crippen molar-refractivity contribution < 1.29 is 14.3 Å². The van der Waals surface area contributed by atoms with E-state index in [1.54, 1.807) is 19.1 Å². The van der Waals surface area contributed by atoms with Crippen LogP contribution in [0.4, 0.5) is 0 Å². The summed E-state index contributed by atoms with van der Waals surface area (Å²) in [5.74, 6) is 2.06. The lowest BCUT2D eigenvalue weighted by atomic mass is 10.0. The zero-order valence-corrected chi connectivity index (χ0v) is 21.0. The SMILES string of the molecule is COc1cc(C(=O)N2CCC(OC)[C@H](N)C2)cc2nc(-c3cc4cccnc4n3CC3CC3)n(C)c12. The van der Waals surface area contributed by atoms with Crippen LogP contribution in [-0.4, -0.2) is 69.4 Å². The molecule has 36 heavy (non-hydrogen) atoms. The average molecular weight is 489 g/mol. The summed E-state index contributed by atoms with van der Waals surface area (Å²) in [7, 11) is 5.29. The molecule has 1 unspecified atom stereocenters. The molecule has 0 spiro atoms. The number of methoxy groups -OCH3 is 2. The predicted molar refractivity (Wildman–Crippen MR) is 138 cm³/mol. The van der Waals surface area contributed by atoms with Gasteiger partial charge in [0.15, 0.2) is 5.82 Å². The monoisotopic (exact) mass is 488 g/mol. The number of carbonyl (C=O) groups is 1. The van der Waals surface area contributed by atoms with Crippen LogP contribution in [0.1, 0.15) is 29.6 Å². The molecule has 4 heterocycles. The number of likely N-dealkylation sites (tertiary alicyclic amines) is 1. The van der Waals surface area contributed by atoms with Gasteiger partial charge in [-0.05, 0) is 55.5 Å². The molecule has 3 aromatic heterocycles. The minimum absolute atomic E-state index is 0.0266. The number of imidazole rings is 1. The van der Waals surface area contributed by atoms with Crippen molar-refractivity contribution >= 4 is 28.0 Å². The summed E-state index contributed by atoms with van der Waals surface area (Å²) in [5, 5.41) is 1.10. The third-order valence-electron chi connectivity index (χ3n) is 7.61. The average Bonchev–Trinajstić information content (AvgIpc) is 3.56. The smallest absolute Gasteiger partial charge is 0.254 e. The summed E-state index contributed by atoms with van der Waals surface area (Å²) in [6.45, 7) is 1.99. The second-order valence-corrected chi connectivity index (χ2v) is 10.0. The van der Waals surface area contributed by atoms with Crippen LogP contribution < -0.4 is 10.5 Å². The number of ether oxygens (including phenoxy) is 2. The van der Waals surface area contributed by atoms with Gasteiger partial charge in [-0.2, -0.15) is 0 Å². The number of nitrogens with zero attached hydrogens (tertiary/aromatic N) is 5. The van der Waals surface area contributed by atoms with E-state index in [1.165, 1.54) is 12.8 Å². The molecular weight excluding hydrogens is 456 g/mol. The first-order valence-electron chi connectivity index (χ1n) is 12.5. The molecule has 1 aliphatic carbocycles. The summed E-state index contributed by atoms with van der Waals surface area (Å²) in [4.78, 5) is 24.9. The summed E-state index contributed by atoms with van der Waals surface area (Å²) in [6, 6.07) is 9.68. The van der Waals surface area contributed by atoms with Crippen molar-refractivity contribution in [1.82, 2.24) is 24.0 Å². The van der Waals surface area contributed by atoms with Gasteiger partial charge < -0.3 is 29.2 Å². The summed E-state index contributed by atoms with van der Waals surface area (Å²) >= 11 is 0. The number of rotatable bonds is 6. The molecule has 9 heteroatoms. The first-order chi connectivity index (χ1) is 17.5. The Hall–Kier alpha value is -3.43. The highest BCUT2D eigenvalue weighted by Crippen LogP contribution is 2.37. The summed E-state index contributed by atoms with van der Waals surface area (Å²) in [6.07, 6.45) is 5.03. The second-order valence-electron chi connectivity index (χ2n) is 10.0. The number of piperidine rings is 1. The van der Waals surface area contributed by atoms with Gasteiger partial charge >= 0.3 is 0 Å². The normalized spacial score (nSPS) is 20.4. The standard InChI is InChI=1S/C27H32N6O3/c1-31-24-20(11-18(13-23(24)36-3)27(34)32-10-8-22(35-2)19(28)15-32)30-26(31)21-12-17-5-4-9-29-25(17)33(21)14-16-6-7-16/h4-5,9,11-13,16,19,22H,6-8,10,14-15,28H2,1-3H3/t19-,22?/m1/s1. The van der Waals surface area contributed by atoms with Crippen LogP contribution in [0.5, 0.6) is 5.75 Å². The fraction of sp³-hybridized carbons (Fsp3) is 0.444. The highest BCUT2D eigenvalue weighted by Gasteiger charge is 2.31. The molecule has 0 bridgehead atoms. The van der Waals surface area contributed by atoms with Gasteiger partial charge in [0.2, 0.25) is 0 Å². The fourth-order valence-electron chi connectivity index (χ4n) is 5.45. The van der Waals surface area contributed by atoms with E-state index in [0.717, 1.165) is 46.6 Å². The Morgan fingerprint density at radius 2 is 2.03 bits per heavy atom. The minimum Gasteiger partial charge on any atom is -0.494 e. The first-order valence-corrected chi connectivity index (χ1v) is 12.5. The maximum atomic E-state index is 13.4. The topological polar surface area (TPSA) is 100 Å². The third-order valence-corrected chi connectivity index (χ3v) is 7.61. The van der Waals surface area contributed by atoms with Crippen LogP contribution in [0.15, 0.2) is 36.5 Å². The predicted octanol–water partition coefficient (Wildman–Crippen LogP) is 3.20. The lowest BCUT2D eigenvalue weighted by Crippen LogP contribution is -2.53. The number of aryl methyl sites for hydroxylation is 1. The van der Waals surface area contributed by atoms with Crippen LogP contribution in [0.2, 0.25) is 0 Å². The number of hydrogen-bond donors (Lipinski definition) is 1. The van der Waals surface area contributed by atoms with Gasteiger partial charge in [0.25, 0.3) is 5.91 Å². The number of carbonyl (C=O) groups excluding carboxylic acids is 1. The molecule has 2 fully saturated rings. The van der Waals surface area contributed by atoms with E-state index in [-0.39, 0.29) is 18.1 Å². The van der Waals surface area contributed by atoms with Crippen LogP contribution in [0.3, 0.4) is 0 Å². The van der Waals surface area contributed by atoms with Crippen molar-refractivity contribution in [2.24, 2.45) is 18.7 Å². The highest BCUT2D eigenvalue weighted by molar-refractivity contribution is 6.00. The quantitative estimate of drug-likeness (QED) is 0.447. The van der Waals surface area contributed by atoms with Gasteiger partial charge in [-0.3, -0.25) is 4.79 Å². The zero-order valence-electron chi connectivity index (χ0n) is 21.0. The lowest BCUT2D eigenvalue weighted by Gasteiger charge is -2.36. The van der Waals surface area contributed by atoms with E-state index in [0.29, 0.717) is 30.3 Å². The Labute approximate surface area is 209 Å². The van der Waals surface area contributed by atoms with E-state index in [9.17, 15) is 4.79 Å². The van der Waals surface area contributed by atoms with Crippen LogP contribution in [0.25, 0.3) is 33.6 Å². The summed E-state index contributed by atoms with van der Waals surface area (Å²) in [5.41, 5.74) is 10.4. The molecule has 2 N–H and O–H groups in total. The Bertz CT molecular complexity index is 1450. The van der Waals surface area contributed by atoms with Gasteiger partial charge in [-0.25, -0.2) is 9.97 Å². The van der Waals surface area contributed by atoms with E-state index in [1.807, 2.05) is 31.4 Å². The Morgan fingerprint density at radius 1 is 1.19 bits per heavy atom. The molecule has 4 aromatic rings. The lowest BCUT2D eigenvalue weighted by molar-refractivity contribution is 0.0227. The van der Waals surface area contributed by atoms with Crippen LogP contribution >= 0.6 is 0 Å². The van der Waals surface area contributed by atoms with Crippen molar-refractivity contribution in [2.75, 3.05) is 27.3 Å². The second kappa shape index (κ2) is 8.90. The van der Waals surface area contributed by atoms with E-state index in [4.69, 9.17) is 20.2 Å². The molecule has 188 valence electrons. The van der Waals surface area contributed by atoms with Crippen molar-refractivity contribution in [3.63, 3.8) is 0 Å².